The first-order chi connectivity index (χ1) is 30.5. The zero-order chi connectivity index (χ0) is 40.6. The van der Waals surface area contributed by atoms with Gasteiger partial charge >= 0.3 is 0 Å². The van der Waals surface area contributed by atoms with Gasteiger partial charge in [-0.2, -0.15) is 0 Å². The molecule has 0 atom stereocenters. The number of hydrogen-bond acceptors (Lipinski definition) is 3. The summed E-state index contributed by atoms with van der Waals surface area (Å²) in [5.74, 6) is 0.610. The van der Waals surface area contributed by atoms with Gasteiger partial charge in [-0.05, 0) is 69.4 Å². The van der Waals surface area contributed by atoms with Crippen molar-refractivity contribution in [3.63, 3.8) is 0 Å². The maximum Gasteiger partial charge on any atom is 0.235 e. The van der Waals surface area contributed by atoms with E-state index in [9.17, 15) is 0 Å². The Labute approximate surface area is 354 Å². The third kappa shape index (κ3) is 3.91. The van der Waals surface area contributed by atoms with E-state index in [2.05, 4.69) is 193 Å². The van der Waals surface area contributed by atoms with Gasteiger partial charge in [-0.25, -0.2) is 9.97 Å². The van der Waals surface area contributed by atoms with Gasteiger partial charge in [0, 0.05) is 59.5 Å². The Balaban J connectivity index is 1.16. The molecule has 0 saturated heterocycles. The van der Waals surface area contributed by atoms with Gasteiger partial charge < -0.3 is 8.82 Å². The molecule has 0 saturated carbocycles. The van der Waals surface area contributed by atoms with Crippen LogP contribution in [0.3, 0.4) is 0 Å². The van der Waals surface area contributed by atoms with Gasteiger partial charge in [0.25, 0.3) is 0 Å². The average Bonchev–Trinajstić information content (AvgIpc) is 4.01. The fraction of sp³-hybridized carbons (Fsp3) is 0.0526. The van der Waals surface area contributed by atoms with Crippen LogP contribution in [-0.4, -0.2) is 18.9 Å². The van der Waals surface area contributed by atoms with Crippen molar-refractivity contribution in [2.45, 2.75) is 19.3 Å². The van der Waals surface area contributed by atoms with Gasteiger partial charge in [-0.1, -0.05) is 147 Å². The van der Waals surface area contributed by atoms with Crippen LogP contribution in [0.1, 0.15) is 25.0 Å². The van der Waals surface area contributed by atoms with Gasteiger partial charge in [0.1, 0.15) is 11.1 Å². The molecule has 15 rings (SSSR count). The number of furan rings is 1. The van der Waals surface area contributed by atoms with E-state index in [-0.39, 0.29) is 5.41 Å². The summed E-state index contributed by atoms with van der Waals surface area (Å²) in [5, 5.41) is 12.6. The molecule has 0 bridgehead atoms. The molecule has 62 heavy (non-hydrogen) atoms. The molecule has 288 valence electrons. The van der Waals surface area contributed by atoms with Crippen LogP contribution in [0.25, 0.3) is 132 Å². The van der Waals surface area contributed by atoms with E-state index in [1.807, 2.05) is 0 Å². The number of rotatable bonds is 2. The van der Waals surface area contributed by atoms with Crippen molar-refractivity contribution < 1.29 is 4.42 Å². The van der Waals surface area contributed by atoms with E-state index >= 15 is 0 Å². The highest BCUT2D eigenvalue weighted by Gasteiger charge is 2.36. The highest BCUT2D eigenvalue weighted by atomic mass is 16.3. The third-order valence-corrected chi connectivity index (χ3v) is 14.2. The van der Waals surface area contributed by atoms with Crippen LogP contribution in [0.5, 0.6) is 0 Å². The van der Waals surface area contributed by atoms with Crippen LogP contribution < -0.4 is 0 Å². The molecule has 14 aromatic rings. The average molecular weight is 791 g/mol. The Morgan fingerprint density at radius 3 is 2.10 bits per heavy atom. The molecular formula is C57H34N4O. The predicted molar refractivity (Wildman–Crippen MR) is 256 cm³/mol. The number of fused-ring (bicyclic) bond motifs is 15. The van der Waals surface area contributed by atoms with Gasteiger partial charge in [0.15, 0.2) is 5.58 Å². The first-order valence-corrected chi connectivity index (χ1v) is 21.4. The molecule has 0 amide bonds. The Morgan fingerprint density at radius 1 is 0.468 bits per heavy atom. The SMILES string of the molecule is CC1(C)c2ccccc2-c2ccc(-c3nc(-n4c5cccc6c7cccc8c9ccccc9n(c9cc%10c%11ccccc%11oc%10c4c9c65)c78)nc4c3ccc3ccccc34)cc21. The summed E-state index contributed by atoms with van der Waals surface area (Å²) in [6, 6.07) is 61.8. The van der Waals surface area contributed by atoms with Gasteiger partial charge in [0.05, 0.1) is 33.3 Å². The molecule has 0 unspecified atom stereocenters. The van der Waals surface area contributed by atoms with Gasteiger partial charge in [0.2, 0.25) is 5.95 Å². The zero-order valence-electron chi connectivity index (χ0n) is 33.9. The summed E-state index contributed by atoms with van der Waals surface area (Å²) in [6.45, 7) is 4.68. The quantitative estimate of drug-likeness (QED) is 0.164. The number of aromatic nitrogens is 4. The van der Waals surface area contributed by atoms with Gasteiger partial charge in [-0.15, -0.1) is 0 Å². The van der Waals surface area contributed by atoms with E-state index in [1.54, 1.807) is 0 Å². The lowest BCUT2D eigenvalue weighted by atomic mass is 9.82. The predicted octanol–water partition coefficient (Wildman–Crippen LogP) is 14.9. The summed E-state index contributed by atoms with van der Waals surface area (Å²) in [6.07, 6.45) is 0. The second-order valence-corrected chi connectivity index (χ2v) is 17.7. The van der Waals surface area contributed by atoms with E-state index in [4.69, 9.17) is 14.4 Å². The maximum absolute atomic E-state index is 7.03. The molecule has 0 radical (unpaired) electrons. The minimum absolute atomic E-state index is 0.162. The topological polar surface area (TPSA) is 48.3 Å². The first-order valence-electron chi connectivity index (χ1n) is 21.4. The second kappa shape index (κ2) is 11.2. The van der Waals surface area contributed by atoms with Crippen molar-refractivity contribution in [1.82, 2.24) is 18.9 Å². The first kappa shape index (κ1) is 32.8. The molecule has 0 spiro atoms. The highest BCUT2D eigenvalue weighted by Crippen LogP contribution is 2.51. The molecule has 1 aliphatic carbocycles. The molecule has 1 aliphatic rings. The summed E-state index contributed by atoms with van der Waals surface area (Å²) < 4.78 is 11.8. The van der Waals surface area contributed by atoms with Crippen molar-refractivity contribution in [3.8, 4) is 28.3 Å². The van der Waals surface area contributed by atoms with E-state index < -0.39 is 0 Å². The van der Waals surface area contributed by atoms with E-state index in [0.717, 1.165) is 76.8 Å². The molecule has 9 aromatic carbocycles. The van der Waals surface area contributed by atoms with Crippen LogP contribution in [0.15, 0.2) is 174 Å². The normalized spacial score (nSPS) is 13.8. The molecule has 0 N–H and O–H groups in total. The van der Waals surface area contributed by atoms with Gasteiger partial charge in [-0.3, -0.25) is 4.57 Å². The van der Waals surface area contributed by atoms with Crippen LogP contribution in [0.4, 0.5) is 0 Å². The summed E-state index contributed by atoms with van der Waals surface area (Å²) in [7, 11) is 0. The number of nitrogens with zero attached hydrogens (tertiary/aromatic N) is 4. The van der Waals surface area contributed by atoms with Crippen LogP contribution in [0.2, 0.25) is 0 Å². The Hall–Kier alpha value is -8.02. The molecule has 5 nitrogen and oxygen atoms in total. The fourth-order valence-corrected chi connectivity index (χ4v) is 11.5. The Kier molecular flexibility index (Phi) is 5.93. The van der Waals surface area contributed by atoms with E-state index in [1.165, 1.54) is 60.2 Å². The van der Waals surface area contributed by atoms with Crippen LogP contribution >= 0.6 is 0 Å². The molecule has 5 heteroatoms. The molecule has 0 fully saturated rings. The summed E-state index contributed by atoms with van der Waals surface area (Å²) >= 11 is 0. The van der Waals surface area contributed by atoms with Crippen molar-refractivity contribution >= 4 is 104 Å². The second-order valence-electron chi connectivity index (χ2n) is 17.7. The number of hydrogen-bond donors (Lipinski definition) is 0. The Bertz CT molecular complexity index is 4310. The molecule has 0 aliphatic heterocycles. The van der Waals surface area contributed by atoms with E-state index in [0.29, 0.717) is 5.95 Å². The lowest BCUT2D eigenvalue weighted by Gasteiger charge is -2.22. The largest absolute Gasteiger partial charge is 0.454 e. The monoisotopic (exact) mass is 790 g/mol. The minimum Gasteiger partial charge on any atom is -0.454 e. The molecular weight excluding hydrogens is 757 g/mol. The van der Waals surface area contributed by atoms with Crippen molar-refractivity contribution in [2.24, 2.45) is 0 Å². The standard InChI is InChI=1S/C57H34N4O/c1-57(2)43-21-8-5-15-34(43)35-27-26-32(29-44(35)57)51-41-28-25-31-13-3-4-14-33(31)52(41)59-56(58-51)61-46-23-12-18-38-40-20-11-19-39-36-16-6-9-22-45(36)60(53(39)40)47-30-42-37-17-7-10-24-48(37)62-55(42)54(61)50(47)49(38)46/h3-30H,1-2H3. The number of para-hydroxylation sites is 3. The summed E-state index contributed by atoms with van der Waals surface area (Å²) in [4.78, 5) is 11.4. The minimum atomic E-state index is -0.162. The highest BCUT2D eigenvalue weighted by molar-refractivity contribution is 6.35. The fourth-order valence-electron chi connectivity index (χ4n) is 11.5. The smallest absolute Gasteiger partial charge is 0.235 e. The third-order valence-electron chi connectivity index (χ3n) is 14.2. The van der Waals surface area contributed by atoms with Crippen molar-refractivity contribution in [2.75, 3.05) is 0 Å². The lowest BCUT2D eigenvalue weighted by molar-refractivity contribution is 0.660. The lowest BCUT2D eigenvalue weighted by Crippen LogP contribution is -2.15. The van der Waals surface area contributed by atoms with Crippen LogP contribution in [-0.2, 0) is 5.41 Å². The molecule has 5 heterocycles. The Morgan fingerprint density at radius 2 is 1.18 bits per heavy atom. The zero-order valence-corrected chi connectivity index (χ0v) is 33.9. The van der Waals surface area contributed by atoms with Crippen molar-refractivity contribution in [1.29, 1.82) is 0 Å². The molecule has 5 aromatic heterocycles. The summed E-state index contributed by atoms with van der Waals surface area (Å²) in [5.41, 5.74) is 15.2. The maximum atomic E-state index is 7.03. The number of benzene rings is 9. The van der Waals surface area contributed by atoms with Crippen molar-refractivity contribution in [3.05, 3.63) is 181 Å². The van der Waals surface area contributed by atoms with Crippen LogP contribution in [0, 0.1) is 0 Å².